The number of hydrogen-bond acceptors (Lipinski definition) is 8. The van der Waals surface area contributed by atoms with Gasteiger partial charge in [-0.05, 0) is 24.1 Å². The van der Waals surface area contributed by atoms with Crippen LogP contribution in [0.4, 0.5) is 0 Å². The van der Waals surface area contributed by atoms with E-state index in [2.05, 4.69) is 4.90 Å². The largest absolute Gasteiger partial charge is 0.502 e. The summed E-state index contributed by atoms with van der Waals surface area (Å²) in [5.74, 6) is -2.87. The van der Waals surface area contributed by atoms with Gasteiger partial charge in [-0.2, -0.15) is 0 Å². The first kappa shape index (κ1) is 27.5. The molecule has 0 radical (unpaired) electrons. The van der Waals surface area contributed by atoms with Crippen LogP contribution in [0.15, 0.2) is 12.1 Å². The average molecular weight is 469 g/mol. The number of piperazine rings is 1. The first-order valence-corrected chi connectivity index (χ1v) is 10.1. The number of phenols is 1. The highest BCUT2D eigenvalue weighted by molar-refractivity contribution is 6.27. The van der Waals surface area contributed by atoms with Crippen molar-refractivity contribution in [3.05, 3.63) is 17.7 Å². The second kappa shape index (κ2) is 13.1. The van der Waals surface area contributed by atoms with Gasteiger partial charge in [0.1, 0.15) is 0 Å². The van der Waals surface area contributed by atoms with Gasteiger partial charge in [0.15, 0.2) is 11.5 Å². The molecule has 2 rings (SSSR count). The van der Waals surface area contributed by atoms with Gasteiger partial charge in [-0.1, -0.05) is 0 Å². The van der Waals surface area contributed by atoms with Gasteiger partial charge in [-0.15, -0.1) is 0 Å². The number of aromatic hydroxyl groups is 1. The van der Waals surface area contributed by atoms with Crippen LogP contribution in [0.25, 0.3) is 0 Å². The van der Waals surface area contributed by atoms with Crippen LogP contribution in [0.1, 0.15) is 12.0 Å². The lowest BCUT2D eigenvalue weighted by atomic mass is 10.1. The molecule has 1 fully saturated rings. The highest BCUT2D eigenvalue weighted by atomic mass is 16.5. The molecule has 184 valence electrons. The number of aryl methyl sites for hydroxylation is 1. The van der Waals surface area contributed by atoms with Crippen LogP contribution in [0.2, 0.25) is 0 Å². The number of rotatable bonds is 7. The Labute approximate surface area is 191 Å². The van der Waals surface area contributed by atoms with E-state index in [1.165, 1.54) is 14.2 Å². The smallest absolute Gasteiger partial charge is 0.414 e. The number of aliphatic carboxylic acids is 2. The van der Waals surface area contributed by atoms with Crippen LogP contribution in [0, 0.1) is 0 Å². The topological polar surface area (TPSA) is 157 Å². The molecule has 0 unspecified atom stereocenters. The van der Waals surface area contributed by atoms with Gasteiger partial charge in [0.2, 0.25) is 17.6 Å². The molecular weight excluding hydrogens is 438 g/mol. The Kier molecular flexibility index (Phi) is 10.9. The van der Waals surface area contributed by atoms with Crippen molar-refractivity contribution in [1.29, 1.82) is 0 Å². The number of ether oxygens (including phenoxy) is 2. The summed E-state index contributed by atoms with van der Waals surface area (Å²) in [6.07, 6.45) is 0.902. The predicted molar refractivity (Wildman–Crippen MR) is 117 cm³/mol. The van der Waals surface area contributed by atoms with E-state index < -0.39 is 11.9 Å². The Morgan fingerprint density at radius 3 is 1.82 bits per heavy atom. The Morgan fingerprint density at radius 1 is 0.939 bits per heavy atom. The average Bonchev–Trinajstić information content (AvgIpc) is 2.78. The summed E-state index contributed by atoms with van der Waals surface area (Å²) >= 11 is 0. The second-order valence-electron chi connectivity index (χ2n) is 7.40. The van der Waals surface area contributed by atoms with Crippen molar-refractivity contribution in [2.24, 2.45) is 0 Å². The Morgan fingerprint density at radius 2 is 1.42 bits per heavy atom. The zero-order chi connectivity index (χ0) is 25.1. The Hall–Kier alpha value is -3.54. The lowest BCUT2D eigenvalue weighted by molar-refractivity contribution is -0.159. The van der Waals surface area contributed by atoms with Crippen molar-refractivity contribution < 1.29 is 44.0 Å². The van der Waals surface area contributed by atoms with Gasteiger partial charge in [0.05, 0.1) is 20.8 Å². The number of carboxylic acids is 2. The summed E-state index contributed by atoms with van der Waals surface area (Å²) in [5, 5.41) is 24.7. The Balaban J connectivity index is 0.000000801. The van der Waals surface area contributed by atoms with Crippen molar-refractivity contribution in [3.63, 3.8) is 0 Å². The van der Waals surface area contributed by atoms with E-state index in [0.29, 0.717) is 57.1 Å². The first-order chi connectivity index (χ1) is 15.5. The number of benzene rings is 1. The summed E-state index contributed by atoms with van der Waals surface area (Å²) < 4.78 is 10.3. The van der Waals surface area contributed by atoms with Crippen LogP contribution >= 0.6 is 0 Å². The van der Waals surface area contributed by atoms with E-state index in [1.807, 2.05) is 4.90 Å². The molecule has 1 aromatic carbocycles. The quantitative estimate of drug-likeness (QED) is 0.454. The standard InChI is InChI=1S/C19H29N3O5.C2H2O4/c1-20(2)18(24)13-21-7-9-22(10-8-21)17(23)6-5-14-11-15(26-3)19(25)16(12-14)27-4;3-1(4)2(5)6/h11-12,25H,5-10,13H2,1-4H3;(H,3,4)(H,5,6). The Bertz CT molecular complexity index is 812. The summed E-state index contributed by atoms with van der Waals surface area (Å²) in [6, 6.07) is 3.44. The number of carboxylic acid groups (broad SMARTS) is 2. The van der Waals surface area contributed by atoms with E-state index >= 15 is 0 Å². The number of phenolic OH excluding ortho intramolecular Hbond substituents is 1. The lowest BCUT2D eigenvalue weighted by Gasteiger charge is -2.34. The first-order valence-electron chi connectivity index (χ1n) is 10.1. The van der Waals surface area contributed by atoms with Gasteiger partial charge in [-0.3, -0.25) is 14.5 Å². The van der Waals surface area contributed by atoms with Gasteiger partial charge >= 0.3 is 11.9 Å². The molecule has 33 heavy (non-hydrogen) atoms. The monoisotopic (exact) mass is 469 g/mol. The molecule has 0 atom stereocenters. The van der Waals surface area contributed by atoms with Crippen LogP contribution in [0.5, 0.6) is 17.2 Å². The van der Waals surface area contributed by atoms with Gasteiger partial charge in [-0.25, -0.2) is 9.59 Å². The zero-order valence-electron chi connectivity index (χ0n) is 19.2. The van der Waals surface area contributed by atoms with E-state index in [0.717, 1.165) is 5.56 Å². The number of likely N-dealkylation sites (N-methyl/N-ethyl adjacent to an activating group) is 1. The lowest BCUT2D eigenvalue weighted by Crippen LogP contribution is -2.51. The maximum Gasteiger partial charge on any atom is 0.414 e. The maximum absolute atomic E-state index is 12.5. The third kappa shape index (κ3) is 8.85. The van der Waals surface area contributed by atoms with Crippen LogP contribution < -0.4 is 9.47 Å². The van der Waals surface area contributed by atoms with E-state index in [-0.39, 0.29) is 17.6 Å². The van der Waals surface area contributed by atoms with E-state index in [4.69, 9.17) is 29.3 Å². The molecule has 0 spiro atoms. The minimum absolute atomic E-state index is 0.0431. The predicted octanol–water partition coefficient (Wildman–Crippen LogP) is -0.270. The zero-order valence-corrected chi connectivity index (χ0v) is 19.2. The third-order valence-electron chi connectivity index (χ3n) is 4.93. The molecule has 12 nitrogen and oxygen atoms in total. The maximum atomic E-state index is 12.5. The van der Waals surface area contributed by atoms with Crippen molar-refractivity contribution in [2.45, 2.75) is 12.8 Å². The molecule has 1 heterocycles. The normalized spacial score (nSPS) is 13.4. The number of hydrogen-bond donors (Lipinski definition) is 3. The minimum Gasteiger partial charge on any atom is -0.502 e. The molecule has 2 amide bonds. The minimum atomic E-state index is -1.82. The van der Waals surface area contributed by atoms with Crippen molar-refractivity contribution in [1.82, 2.24) is 14.7 Å². The SMILES string of the molecule is COc1cc(CCC(=O)N2CCN(CC(=O)N(C)C)CC2)cc(OC)c1O.O=C(O)C(=O)O. The fourth-order valence-corrected chi connectivity index (χ4v) is 2.99. The van der Waals surface area contributed by atoms with Crippen LogP contribution in [-0.2, 0) is 25.6 Å². The van der Waals surface area contributed by atoms with Gasteiger partial charge in [0, 0.05) is 46.7 Å². The molecular formula is C21H31N3O9. The molecule has 1 saturated heterocycles. The van der Waals surface area contributed by atoms with Crippen molar-refractivity contribution in [2.75, 3.05) is 61.0 Å². The second-order valence-corrected chi connectivity index (χ2v) is 7.40. The summed E-state index contributed by atoms with van der Waals surface area (Å²) in [7, 11) is 6.44. The fourth-order valence-electron chi connectivity index (χ4n) is 2.99. The summed E-state index contributed by atoms with van der Waals surface area (Å²) in [4.78, 5) is 48.0. The molecule has 0 bridgehead atoms. The highest BCUT2D eigenvalue weighted by Gasteiger charge is 2.23. The number of carbonyl (C=O) groups excluding carboxylic acids is 2. The molecule has 0 saturated carbocycles. The number of methoxy groups -OCH3 is 2. The summed E-state index contributed by atoms with van der Waals surface area (Å²) in [5.41, 5.74) is 0.866. The molecule has 1 aliphatic heterocycles. The van der Waals surface area contributed by atoms with Crippen LogP contribution in [-0.4, -0.2) is 115 Å². The summed E-state index contributed by atoms with van der Waals surface area (Å²) in [6.45, 7) is 3.05. The van der Waals surface area contributed by atoms with Gasteiger partial charge in [0.25, 0.3) is 0 Å². The number of nitrogens with zero attached hydrogens (tertiary/aromatic N) is 3. The molecule has 0 aliphatic carbocycles. The molecule has 1 aromatic rings. The van der Waals surface area contributed by atoms with Crippen molar-refractivity contribution in [3.8, 4) is 17.2 Å². The molecule has 1 aliphatic rings. The van der Waals surface area contributed by atoms with Crippen LogP contribution in [0.3, 0.4) is 0 Å². The van der Waals surface area contributed by atoms with Crippen molar-refractivity contribution >= 4 is 23.8 Å². The molecule has 12 heteroatoms. The van der Waals surface area contributed by atoms with E-state index in [9.17, 15) is 14.7 Å². The van der Waals surface area contributed by atoms with Gasteiger partial charge < -0.3 is 34.6 Å². The molecule has 0 aromatic heterocycles. The third-order valence-corrected chi connectivity index (χ3v) is 4.93. The number of carbonyl (C=O) groups is 4. The number of amides is 2. The fraction of sp³-hybridized carbons (Fsp3) is 0.524. The van der Waals surface area contributed by atoms with E-state index in [1.54, 1.807) is 31.1 Å². The highest BCUT2D eigenvalue weighted by Crippen LogP contribution is 2.37. The molecule has 3 N–H and O–H groups in total.